The molecule has 8 heavy (non-hydrogen) atoms. The van der Waals surface area contributed by atoms with Crippen LogP contribution in [0.2, 0.25) is 0 Å². The maximum atomic E-state index is 10.4. The Morgan fingerprint density at radius 1 is 1.62 bits per heavy atom. The van der Waals surface area contributed by atoms with Gasteiger partial charge in [0, 0.05) is 6.26 Å². The lowest BCUT2D eigenvalue weighted by molar-refractivity contribution is 0.598. The highest BCUT2D eigenvalue weighted by Gasteiger charge is 2.09. The van der Waals surface area contributed by atoms with E-state index in [1.165, 1.54) is 6.92 Å². The van der Waals surface area contributed by atoms with E-state index in [-0.39, 0.29) is 0 Å². The van der Waals surface area contributed by atoms with Gasteiger partial charge in [-0.3, -0.25) is 0 Å². The molecule has 3 heteroatoms. The Balaban J connectivity index is 4.34. The summed E-state index contributed by atoms with van der Waals surface area (Å²) >= 11 is 0. The van der Waals surface area contributed by atoms with Gasteiger partial charge >= 0.3 is 0 Å². The normalized spacial score (nSPS) is 14.6. The highest BCUT2D eigenvalue weighted by atomic mass is 32.2. The van der Waals surface area contributed by atoms with Crippen LogP contribution in [-0.4, -0.2) is 19.9 Å². The fourth-order valence-corrected chi connectivity index (χ4v) is 0.371. The zero-order chi connectivity index (χ0) is 6.78. The van der Waals surface area contributed by atoms with E-state index in [4.69, 9.17) is 6.42 Å². The molecule has 0 radical (unpaired) electrons. The SMILES string of the molecule is C#CC(C)S(C)(=O)=O. The minimum Gasteiger partial charge on any atom is -0.228 e. The molecule has 0 heterocycles. The van der Waals surface area contributed by atoms with E-state index in [1.54, 1.807) is 0 Å². The summed E-state index contributed by atoms with van der Waals surface area (Å²) in [6.07, 6.45) is 5.95. The van der Waals surface area contributed by atoms with Crippen molar-refractivity contribution in [2.75, 3.05) is 6.26 Å². The zero-order valence-electron chi connectivity index (χ0n) is 4.88. The van der Waals surface area contributed by atoms with Crippen molar-refractivity contribution < 1.29 is 8.42 Å². The molecule has 0 aromatic rings. The number of sulfone groups is 1. The Morgan fingerprint density at radius 2 is 2.00 bits per heavy atom. The molecule has 0 N–H and O–H groups in total. The molecule has 0 aliphatic carbocycles. The molecule has 0 aromatic heterocycles. The molecule has 0 saturated carbocycles. The van der Waals surface area contributed by atoms with Crippen molar-refractivity contribution in [3.8, 4) is 12.3 Å². The predicted molar refractivity (Wildman–Crippen MR) is 33.1 cm³/mol. The van der Waals surface area contributed by atoms with Gasteiger partial charge in [0.15, 0.2) is 9.84 Å². The average Bonchev–Trinajstić information content (AvgIpc) is 1.62. The second-order valence-corrected chi connectivity index (χ2v) is 4.00. The highest BCUT2D eigenvalue weighted by Crippen LogP contribution is 1.92. The quantitative estimate of drug-likeness (QED) is 0.472. The van der Waals surface area contributed by atoms with Crippen LogP contribution in [0.5, 0.6) is 0 Å². The fourth-order valence-electron chi connectivity index (χ4n) is 0.124. The van der Waals surface area contributed by atoms with Gasteiger partial charge in [-0.25, -0.2) is 8.42 Å². The maximum absolute atomic E-state index is 10.4. The molecular weight excluding hydrogens is 124 g/mol. The molecule has 0 fully saturated rings. The van der Waals surface area contributed by atoms with E-state index in [9.17, 15) is 8.42 Å². The molecule has 46 valence electrons. The van der Waals surface area contributed by atoms with Crippen LogP contribution in [0, 0.1) is 12.3 Å². The monoisotopic (exact) mass is 132 g/mol. The van der Waals surface area contributed by atoms with Crippen LogP contribution >= 0.6 is 0 Å². The first-order valence-corrected chi connectivity index (χ1v) is 4.09. The fraction of sp³-hybridized carbons (Fsp3) is 0.600. The predicted octanol–water partition coefficient (Wildman–Crippen LogP) is 0.0527. The Hall–Kier alpha value is -0.490. The molecule has 0 aromatic carbocycles. The van der Waals surface area contributed by atoms with E-state index < -0.39 is 15.1 Å². The Bertz CT molecular complexity index is 195. The van der Waals surface area contributed by atoms with Crippen LogP contribution < -0.4 is 0 Å². The van der Waals surface area contributed by atoms with Crippen molar-refractivity contribution in [3.63, 3.8) is 0 Å². The summed E-state index contributed by atoms with van der Waals surface area (Å²) in [4.78, 5) is 0. The van der Waals surface area contributed by atoms with E-state index in [2.05, 4.69) is 5.92 Å². The molecule has 0 aliphatic heterocycles. The Labute approximate surface area is 49.8 Å². The van der Waals surface area contributed by atoms with Crippen molar-refractivity contribution >= 4 is 9.84 Å². The van der Waals surface area contributed by atoms with E-state index in [0.29, 0.717) is 0 Å². The molecule has 0 amide bonds. The van der Waals surface area contributed by atoms with Gasteiger partial charge in [-0.2, -0.15) is 0 Å². The van der Waals surface area contributed by atoms with Crippen molar-refractivity contribution in [1.82, 2.24) is 0 Å². The van der Waals surface area contributed by atoms with Crippen LogP contribution in [0.3, 0.4) is 0 Å². The Morgan fingerprint density at radius 3 is 2.00 bits per heavy atom. The molecule has 1 atom stereocenters. The van der Waals surface area contributed by atoms with Gasteiger partial charge in [0.05, 0.1) is 0 Å². The minimum atomic E-state index is -2.99. The second-order valence-electron chi connectivity index (χ2n) is 1.64. The second kappa shape index (κ2) is 2.19. The summed E-state index contributed by atoms with van der Waals surface area (Å²) < 4.78 is 20.8. The maximum Gasteiger partial charge on any atom is 0.161 e. The van der Waals surface area contributed by atoms with Crippen LogP contribution in [0.15, 0.2) is 0 Å². The van der Waals surface area contributed by atoms with Crippen molar-refractivity contribution in [2.45, 2.75) is 12.2 Å². The lowest BCUT2D eigenvalue weighted by atomic mass is 10.5. The van der Waals surface area contributed by atoms with E-state index in [0.717, 1.165) is 6.26 Å². The zero-order valence-corrected chi connectivity index (χ0v) is 5.70. The number of terminal acetylenes is 1. The highest BCUT2D eigenvalue weighted by molar-refractivity contribution is 7.91. The summed E-state index contributed by atoms with van der Waals surface area (Å²) in [5, 5.41) is -0.650. The lowest BCUT2D eigenvalue weighted by Crippen LogP contribution is -2.12. The number of rotatable bonds is 1. The van der Waals surface area contributed by atoms with Crippen LogP contribution in [0.25, 0.3) is 0 Å². The Kier molecular flexibility index (Phi) is 2.05. The van der Waals surface area contributed by atoms with Gasteiger partial charge in [0.1, 0.15) is 5.25 Å². The topological polar surface area (TPSA) is 34.1 Å². The van der Waals surface area contributed by atoms with Gasteiger partial charge in [0.2, 0.25) is 0 Å². The minimum absolute atomic E-state index is 0.650. The first-order valence-electron chi connectivity index (χ1n) is 2.13. The number of hydrogen-bond donors (Lipinski definition) is 0. The molecular formula is C5H8O2S. The summed E-state index contributed by atoms with van der Waals surface area (Å²) in [7, 11) is -2.99. The average molecular weight is 132 g/mol. The van der Waals surface area contributed by atoms with Crippen molar-refractivity contribution in [2.24, 2.45) is 0 Å². The van der Waals surface area contributed by atoms with Crippen LogP contribution in [0.1, 0.15) is 6.92 Å². The number of hydrogen-bond acceptors (Lipinski definition) is 2. The van der Waals surface area contributed by atoms with Gasteiger partial charge in [0.25, 0.3) is 0 Å². The molecule has 1 unspecified atom stereocenters. The third-order valence-corrected chi connectivity index (χ3v) is 2.30. The van der Waals surface area contributed by atoms with Gasteiger partial charge in [-0.05, 0) is 6.92 Å². The van der Waals surface area contributed by atoms with Gasteiger partial charge in [-0.15, -0.1) is 6.42 Å². The summed E-state index contributed by atoms with van der Waals surface area (Å²) in [5.74, 6) is 2.12. The van der Waals surface area contributed by atoms with Crippen LogP contribution in [0.4, 0.5) is 0 Å². The van der Waals surface area contributed by atoms with E-state index >= 15 is 0 Å². The van der Waals surface area contributed by atoms with Gasteiger partial charge in [-0.1, -0.05) is 5.92 Å². The first kappa shape index (κ1) is 7.51. The molecule has 0 rings (SSSR count). The third kappa shape index (κ3) is 1.99. The van der Waals surface area contributed by atoms with Crippen molar-refractivity contribution in [1.29, 1.82) is 0 Å². The standard InChI is InChI=1S/C5H8O2S/c1-4-5(2)8(3,6)7/h1,5H,2-3H3. The summed E-state index contributed by atoms with van der Waals surface area (Å²) in [6, 6.07) is 0. The molecule has 0 aliphatic rings. The first-order chi connectivity index (χ1) is 3.48. The van der Waals surface area contributed by atoms with Gasteiger partial charge < -0.3 is 0 Å². The molecule has 2 nitrogen and oxygen atoms in total. The lowest BCUT2D eigenvalue weighted by Gasteiger charge is -1.96. The summed E-state index contributed by atoms with van der Waals surface area (Å²) in [5.41, 5.74) is 0. The molecule has 0 saturated heterocycles. The molecule has 0 bridgehead atoms. The summed E-state index contributed by atoms with van der Waals surface area (Å²) in [6.45, 7) is 1.48. The smallest absolute Gasteiger partial charge is 0.161 e. The van der Waals surface area contributed by atoms with Crippen LogP contribution in [-0.2, 0) is 9.84 Å². The third-order valence-electron chi connectivity index (χ3n) is 0.877. The van der Waals surface area contributed by atoms with Crippen molar-refractivity contribution in [3.05, 3.63) is 0 Å². The largest absolute Gasteiger partial charge is 0.228 e. The molecule has 0 spiro atoms. The van der Waals surface area contributed by atoms with E-state index in [1.807, 2.05) is 0 Å².